The van der Waals surface area contributed by atoms with Crippen LogP contribution in [0.5, 0.6) is 0 Å². The Labute approximate surface area is 143 Å². The summed E-state index contributed by atoms with van der Waals surface area (Å²) in [5.74, 6) is 1.47. The minimum Gasteiger partial charge on any atom is -0.368 e. The van der Waals surface area contributed by atoms with Crippen LogP contribution in [0.3, 0.4) is 0 Å². The van der Waals surface area contributed by atoms with Crippen molar-refractivity contribution < 1.29 is 0 Å². The number of anilines is 3. The van der Waals surface area contributed by atoms with E-state index in [1.54, 1.807) is 6.20 Å². The Bertz CT molecular complexity index is 686. The molecule has 1 aliphatic heterocycles. The van der Waals surface area contributed by atoms with Crippen molar-refractivity contribution in [2.24, 2.45) is 0 Å². The van der Waals surface area contributed by atoms with Gasteiger partial charge < -0.3 is 15.1 Å². The van der Waals surface area contributed by atoms with E-state index >= 15 is 0 Å². The minimum atomic E-state index is -0.0792. The zero-order valence-electron chi connectivity index (χ0n) is 15.0. The van der Waals surface area contributed by atoms with Crippen molar-refractivity contribution in [3.05, 3.63) is 36.0 Å². The Morgan fingerprint density at radius 2 is 1.75 bits per heavy atom. The molecule has 6 heteroatoms. The Hall–Kier alpha value is -2.37. The van der Waals surface area contributed by atoms with Gasteiger partial charge in [0.05, 0.1) is 6.20 Å². The van der Waals surface area contributed by atoms with Crippen LogP contribution >= 0.6 is 0 Å². The molecule has 0 radical (unpaired) electrons. The lowest BCUT2D eigenvalue weighted by atomic mass is 10.1. The van der Waals surface area contributed by atoms with Crippen LogP contribution in [0.4, 0.5) is 17.5 Å². The molecule has 24 heavy (non-hydrogen) atoms. The van der Waals surface area contributed by atoms with Crippen LogP contribution in [0, 0.1) is 6.92 Å². The van der Waals surface area contributed by atoms with Gasteiger partial charge in [0.1, 0.15) is 0 Å². The van der Waals surface area contributed by atoms with Crippen molar-refractivity contribution in [1.29, 1.82) is 0 Å². The molecule has 1 aliphatic rings. The molecule has 0 amide bonds. The van der Waals surface area contributed by atoms with Crippen molar-refractivity contribution in [3.8, 4) is 0 Å². The van der Waals surface area contributed by atoms with E-state index in [-0.39, 0.29) is 5.54 Å². The second-order valence-electron chi connectivity index (χ2n) is 7.33. The lowest BCUT2D eigenvalue weighted by molar-refractivity contribution is 0.617. The molecular weight excluding hydrogens is 300 g/mol. The molecule has 1 aromatic heterocycles. The molecule has 1 N–H and O–H groups in total. The van der Waals surface area contributed by atoms with E-state index in [1.807, 2.05) is 0 Å². The van der Waals surface area contributed by atoms with Crippen LogP contribution < -0.4 is 15.1 Å². The van der Waals surface area contributed by atoms with Crippen molar-refractivity contribution in [2.45, 2.75) is 33.2 Å². The van der Waals surface area contributed by atoms with E-state index in [1.165, 1.54) is 11.3 Å². The summed E-state index contributed by atoms with van der Waals surface area (Å²) in [6.07, 6.45) is 1.75. The van der Waals surface area contributed by atoms with Gasteiger partial charge in [-0.15, -0.1) is 5.10 Å². The van der Waals surface area contributed by atoms with Gasteiger partial charge in [-0.2, -0.15) is 10.1 Å². The van der Waals surface area contributed by atoms with Crippen LogP contribution in [0.1, 0.15) is 26.3 Å². The van der Waals surface area contributed by atoms with Gasteiger partial charge in [0.2, 0.25) is 5.95 Å². The minimum absolute atomic E-state index is 0.0792. The first-order valence-corrected chi connectivity index (χ1v) is 8.45. The highest BCUT2D eigenvalue weighted by atomic mass is 15.3. The van der Waals surface area contributed by atoms with Gasteiger partial charge in [0.25, 0.3) is 0 Å². The Balaban J connectivity index is 1.65. The number of nitrogens with one attached hydrogen (secondary N) is 1. The quantitative estimate of drug-likeness (QED) is 0.936. The smallest absolute Gasteiger partial charge is 0.245 e. The van der Waals surface area contributed by atoms with Crippen LogP contribution in [-0.4, -0.2) is 46.9 Å². The first-order chi connectivity index (χ1) is 11.4. The molecule has 0 unspecified atom stereocenters. The predicted molar refractivity (Wildman–Crippen MR) is 98.8 cm³/mol. The number of aryl methyl sites for hydroxylation is 1. The number of aromatic nitrogens is 3. The van der Waals surface area contributed by atoms with Crippen LogP contribution in [0.2, 0.25) is 0 Å². The molecule has 0 spiro atoms. The molecule has 1 saturated heterocycles. The van der Waals surface area contributed by atoms with Crippen molar-refractivity contribution in [2.75, 3.05) is 41.3 Å². The summed E-state index contributed by atoms with van der Waals surface area (Å²) in [4.78, 5) is 9.31. The largest absolute Gasteiger partial charge is 0.368 e. The summed E-state index contributed by atoms with van der Waals surface area (Å²) in [6, 6.07) is 8.68. The average Bonchev–Trinajstić information content (AvgIpc) is 2.54. The molecule has 0 atom stereocenters. The summed E-state index contributed by atoms with van der Waals surface area (Å²) in [5.41, 5.74) is 2.52. The van der Waals surface area contributed by atoms with Gasteiger partial charge in [-0.25, -0.2) is 0 Å². The Morgan fingerprint density at radius 1 is 1.04 bits per heavy atom. The molecule has 0 aliphatic carbocycles. The van der Waals surface area contributed by atoms with E-state index in [4.69, 9.17) is 0 Å². The molecule has 0 bridgehead atoms. The first kappa shape index (κ1) is 16.5. The molecule has 1 fully saturated rings. The number of hydrogen-bond acceptors (Lipinski definition) is 6. The topological polar surface area (TPSA) is 57.2 Å². The number of benzene rings is 1. The molecule has 128 valence electrons. The maximum Gasteiger partial charge on any atom is 0.245 e. The third-order valence-corrected chi connectivity index (χ3v) is 4.00. The fraction of sp³-hybridized carbons (Fsp3) is 0.500. The molecule has 6 nitrogen and oxygen atoms in total. The van der Waals surface area contributed by atoms with E-state index in [0.29, 0.717) is 5.95 Å². The molecule has 0 saturated carbocycles. The van der Waals surface area contributed by atoms with Gasteiger partial charge in [-0.1, -0.05) is 12.1 Å². The van der Waals surface area contributed by atoms with E-state index in [2.05, 4.69) is 82.3 Å². The maximum atomic E-state index is 4.62. The van der Waals surface area contributed by atoms with Crippen molar-refractivity contribution in [1.82, 2.24) is 15.2 Å². The van der Waals surface area contributed by atoms with E-state index < -0.39 is 0 Å². The van der Waals surface area contributed by atoms with Gasteiger partial charge in [-0.3, -0.25) is 0 Å². The fourth-order valence-corrected chi connectivity index (χ4v) is 2.85. The Kier molecular flexibility index (Phi) is 4.55. The SMILES string of the molecule is Cc1cccc(N2CCN(c3cnnc(NC(C)(C)C)n3)CC2)c1. The summed E-state index contributed by atoms with van der Waals surface area (Å²) in [6.45, 7) is 12.2. The highest BCUT2D eigenvalue weighted by Gasteiger charge is 2.20. The lowest BCUT2D eigenvalue weighted by Crippen LogP contribution is -2.47. The summed E-state index contributed by atoms with van der Waals surface area (Å²) < 4.78 is 0. The standard InChI is InChI=1S/C18H26N6/c1-14-6-5-7-15(12-14)23-8-10-24(11-9-23)16-13-19-22-17(20-16)21-18(2,3)4/h5-7,12-13H,8-11H2,1-4H3,(H,20,21,22). The summed E-state index contributed by atoms with van der Waals surface area (Å²) in [5, 5.41) is 11.5. The third kappa shape index (κ3) is 4.13. The van der Waals surface area contributed by atoms with Crippen LogP contribution in [0.15, 0.2) is 30.5 Å². The summed E-state index contributed by atoms with van der Waals surface area (Å²) >= 11 is 0. The number of piperazine rings is 1. The average molecular weight is 326 g/mol. The molecule has 2 heterocycles. The zero-order chi connectivity index (χ0) is 17.2. The highest BCUT2D eigenvalue weighted by molar-refractivity contribution is 5.51. The van der Waals surface area contributed by atoms with Crippen molar-refractivity contribution >= 4 is 17.5 Å². The fourth-order valence-electron chi connectivity index (χ4n) is 2.85. The zero-order valence-corrected chi connectivity index (χ0v) is 15.0. The molecule has 2 aromatic rings. The second kappa shape index (κ2) is 6.63. The monoisotopic (exact) mass is 326 g/mol. The van der Waals surface area contributed by atoms with Gasteiger partial charge in [0.15, 0.2) is 5.82 Å². The van der Waals surface area contributed by atoms with E-state index in [9.17, 15) is 0 Å². The second-order valence-corrected chi connectivity index (χ2v) is 7.33. The van der Waals surface area contributed by atoms with Gasteiger partial charge in [-0.05, 0) is 45.4 Å². The first-order valence-electron chi connectivity index (χ1n) is 8.45. The molecule has 1 aromatic carbocycles. The Morgan fingerprint density at radius 3 is 2.42 bits per heavy atom. The molecular formula is C18H26N6. The normalized spacial score (nSPS) is 15.5. The molecule has 3 rings (SSSR count). The maximum absolute atomic E-state index is 4.62. The highest BCUT2D eigenvalue weighted by Crippen LogP contribution is 2.20. The summed E-state index contributed by atoms with van der Waals surface area (Å²) in [7, 11) is 0. The van der Waals surface area contributed by atoms with Gasteiger partial charge >= 0.3 is 0 Å². The van der Waals surface area contributed by atoms with E-state index in [0.717, 1.165) is 32.0 Å². The number of rotatable bonds is 3. The predicted octanol–water partition coefficient (Wildman–Crippen LogP) is 2.72. The van der Waals surface area contributed by atoms with Crippen LogP contribution in [0.25, 0.3) is 0 Å². The van der Waals surface area contributed by atoms with Crippen molar-refractivity contribution in [3.63, 3.8) is 0 Å². The number of hydrogen-bond donors (Lipinski definition) is 1. The lowest BCUT2D eigenvalue weighted by Gasteiger charge is -2.36. The van der Waals surface area contributed by atoms with Crippen LogP contribution in [-0.2, 0) is 0 Å². The van der Waals surface area contributed by atoms with Gasteiger partial charge in [0, 0.05) is 37.4 Å². The third-order valence-electron chi connectivity index (χ3n) is 4.00. The number of nitrogens with zero attached hydrogens (tertiary/aromatic N) is 5.